The number of Topliss-reactive ketones (excluding diaryl/α,β-unsaturated/α-hetero) is 1. The van der Waals surface area contributed by atoms with Crippen molar-refractivity contribution in [3.63, 3.8) is 0 Å². The zero-order chi connectivity index (χ0) is 18.9. The van der Waals surface area contributed by atoms with Crippen LogP contribution in [0.3, 0.4) is 0 Å². The predicted octanol–water partition coefficient (Wildman–Crippen LogP) is 5.27. The molecule has 1 aromatic rings. The van der Waals surface area contributed by atoms with Crippen molar-refractivity contribution >= 4 is 5.78 Å². The van der Waals surface area contributed by atoms with Gasteiger partial charge in [-0.3, -0.25) is 4.79 Å². The van der Waals surface area contributed by atoms with E-state index in [4.69, 9.17) is 9.47 Å². The molecule has 1 saturated carbocycles. The normalized spacial score (nSPS) is 26.2. The molecule has 0 heterocycles. The number of carbonyl (C=O) groups excluding carboxylic acids is 1. The minimum absolute atomic E-state index is 0.0188. The van der Waals surface area contributed by atoms with Crippen LogP contribution in [0, 0.1) is 5.41 Å². The van der Waals surface area contributed by atoms with Gasteiger partial charge in [0.2, 0.25) is 0 Å². The number of hydrogen-bond donors (Lipinski definition) is 0. The first kappa shape index (κ1) is 19.2. The van der Waals surface area contributed by atoms with Crippen molar-refractivity contribution in [2.45, 2.75) is 77.9 Å². The standard InChI is InChI=1S/C23H32O3/c1-22(2,3)26-21-12-11-19-18(20(24)13-14-23(19,21)4)10-9-16-7-6-8-17(15-16)25-5/h6-8,15,21H,9-14H2,1-5H3/t21-,23-/m1/s1. The lowest BCUT2D eigenvalue weighted by molar-refractivity contribution is -0.120. The Kier molecular flexibility index (Phi) is 5.30. The van der Waals surface area contributed by atoms with E-state index in [1.807, 2.05) is 12.1 Å². The summed E-state index contributed by atoms with van der Waals surface area (Å²) in [5.41, 5.74) is 3.53. The summed E-state index contributed by atoms with van der Waals surface area (Å²) >= 11 is 0. The monoisotopic (exact) mass is 356 g/mol. The number of ether oxygens (including phenoxy) is 2. The number of aryl methyl sites for hydroxylation is 1. The molecule has 1 aromatic carbocycles. The molecule has 26 heavy (non-hydrogen) atoms. The highest BCUT2D eigenvalue weighted by Crippen LogP contribution is 2.53. The van der Waals surface area contributed by atoms with Crippen molar-refractivity contribution < 1.29 is 14.3 Å². The summed E-state index contributed by atoms with van der Waals surface area (Å²) in [5, 5.41) is 0. The van der Waals surface area contributed by atoms with Crippen molar-refractivity contribution in [2.24, 2.45) is 5.41 Å². The number of allylic oxidation sites excluding steroid dienone is 1. The predicted molar refractivity (Wildman–Crippen MR) is 105 cm³/mol. The highest BCUT2D eigenvalue weighted by Gasteiger charge is 2.48. The van der Waals surface area contributed by atoms with Crippen LogP contribution >= 0.6 is 0 Å². The highest BCUT2D eigenvalue weighted by atomic mass is 16.5. The summed E-state index contributed by atoms with van der Waals surface area (Å²) in [6, 6.07) is 8.15. The summed E-state index contributed by atoms with van der Waals surface area (Å²) in [4.78, 5) is 12.7. The van der Waals surface area contributed by atoms with Crippen LogP contribution in [0.4, 0.5) is 0 Å². The Morgan fingerprint density at radius 2 is 1.96 bits per heavy atom. The van der Waals surface area contributed by atoms with Gasteiger partial charge >= 0.3 is 0 Å². The van der Waals surface area contributed by atoms with Crippen molar-refractivity contribution in [3.05, 3.63) is 41.0 Å². The Hall–Kier alpha value is -1.61. The Bertz CT molecular complexity index is 710. The zero-order valence-electron chi connectivity index (χ0n) is 16.9. The SMILES string of the molecule is COc1cccc(CCC2=C3CC[C@@H](OC(C)(C)C)[C@]3(C)CCC2=O)c1. The van der Waals surface area contributed by atoms with Crippen LogP contribution in [-0.2, 0) is 16.0 Å². The lowest BCUT2D eigenvalue weighted by Gasteiger charge is -2.40. The quantitative estimate of drug-likeness (QED) is 0.721. The first-order valence-corrected chi connectivity index (χ1v) is 9.79. The molecule has 0 unspecified atom stereocenters. The van der Waals surface area contributed by atoms with Crippen LogP contribution in [0.5, 0.6) is 5.75 Å². The minimum atomic E-state index is -0.147. The van der Waals surface area contributed by atoms with Crippen molar-refractivity contribution in [2.75, 3.05) is 7.11 Å². The van der Waals surface area contributed by atoms with Crippen molar-refractivity contribution in [3.8, 4) is 5.75 Å². The van der Waals surface area contributed by atoms with Gasteiger partial charge in [0.25, 0.3) is 0 Å². The Balaban J connectivity index is 1.82. The largest absolute Gasteiger partial charge is 0.497 e. The lowest BCUT2D eigenvalue weighted by atomic mass is 9.70. The van der Waals surface area contributed by atoms with E-state index in [0.717, 1.165) is 43.4 Å². The molecule has 2 atom stereocenters. The van der Waals surface area contributed by atoms with Crippen LogP contribution < -0.4 is 4.74 Å². The molecule has 0 spiro atoms. The third-order valence-corrected chi connectivity index (χ3v) is 5.92. The number of fused-ring (bicyclic) bond motifs is 1. The van der Waals surface area contributed by atoms with Crippen molar-refractivity contribution in [1.82, 2.24) is 0 Å². The highest BCUT2D eigenvalue weighted by molar-refractivity contribution is 5.97. The number of rotatable bonds is 5. The Labute approximate surface area is 157 Å². The molecule has 0 aromatic heterocycles. The second-order valence-electron chi connectivity index (χ2n) is 8.91. The fourth-order valence-electron chi connectivity index (χ4n) is 4.58. The van der Waals surface area contributed by atoms with E-state index in [1.54, 1.807) is 7.11 Å². The van der Waals surface area contributed by atoms with Gasteiger partial charge < -0.3 is 9.47 Å². The molecule has 142 valence electrons. The molecule has 0 aliphatic heterocycles. The third kappa shape index (κ3) is 3.88. The third-order valence-electron chi connectivity index (χ3n) is 5.92. The molecule has 0 amide bonds. The van der Waals surface area contributed by atoms with Gasteiger partial charge in [-0.15, -0.1) is 0 Å². The molecule has 3 nitrogen and oxygen atoms in total. The molecule has 0 radical (unpaired) electrons. The van der Waals surface area contributed by atoms with Crippen LogP contribution in [0.25, 0.3) is 0 Å². The van der Waals surface area contributed by atoms with E-state index in [9.17, 15) is 4.79 Å². The summed E-state index contributed by atoms with van der Waals surface area (Å²) in [7, 11) is 1.69. The van der Waals surface area contributed by atoms with E-state index in [0.29, 0.717) is 12.2 Å². The number of ketones is 1. The molecule has 2 aliphatic rings. The van der Waals surface area contributed by atoms with Crippen LogP contribution in [-0.4, -0.2) is 24.6 Å². The van der Waals surface area contributed by atoms with E-state index in [1.165, 1.54) is 11.1 Å². The van der Waals surface area contributed by atoms with Gasteiger partial charge in [-0.25, -0.2) is 0 Å². The molecule has 3 rings (SSSR count). The van der Waals surface area contributed by atoms with Crippen LogP contribution in [0.1, 0.15) is 65.4 Å². The summed E-state index contributed by atoms with van der Waals surface area (Å²) < 4.78 is 11.7. The summed E-state index contributed by atoms with van der Waals surface area (Å²) in [6.07, 6.45) is 5.51. The molecule has 0 N–H and O–H groups in total. The molecule has 1 fully saturated rings. The second kappa shape index (κ2) is 7.19. The van der Waals surface area contributed by atoms with Gasteiger partial charge in [0, 0.05) is 11.8 Å². The molecular formula is C23H32O3. The zero-order valence-corrected chi connectivity index (χ0v) is 16.9. The van der Waals surface area contributed by atoms with Crippen LogP contribution in [0.15, 0.2) is 35.4 Å². The number of hydrogen-bond acceptors (Lipinski definition) is 3. The lowest BCUT2D eigenvalue weighted by Crippen LogP contribution is -2.39. The van der Waals surface area contributed by atoms with Gasteiger partial charge in [-0.2, -0.15) is 0 Å². The summed E-state index contributed by atoms with van der Waals surface area (Å²) in [5.74, 6) is 1.22. The van der Waals surface area contributed by atoms with Gasteiger partial charge in [-0.05, 0) is 76.1 Å². The van der Waals surface area contributed by atoms with Gasteiger partial charge in [-0.1, -0.05) is 24.6 Å². The van der Waals surface area contributed by atoms with Crippen LogP contribution in [0.2, 0.25) is 0 Å². The maximum Gasteiger partial charge on any atom is 0.158 e. The number of carbonyl (C=O) groups is 1. The van der Waals surface area contributed by atoms with E-state index in [2.05, 4.69) is 39.8 Å². The Morgan fingerprint density at radius 3 is 2.65 bits per heavy atom. The fraction of sp³-hybridized carbons (Fsp3) is 0.609. The minimum Gasteiger partial charge on any atom is -0.497 e. The maximum absolute atomic E-state index is 12.7. The average molecular weight is 357 g/mol. The first-order valence-electron chi connectivity index (χ1n) is 9.79. The fourth-order valence-corrected chi connectivity index (χ4v) is 4.58. The first-order chi connectivity index (χ1) is 12.2. The molecule has 0 saturated heterocycles. The maximum atomic E-state index is 12.7. The van der Waals surface area contributed by atoms with Crippen molar-refractivity contribution in [1.29, 1.82) is 0 Å². The topological polar surface area (TPSA) is 35.5 Å². The van der Waals surface area contributed by atoms with E-state index >= 15 is 0 Å². The molecule has 0 bridgehead atoms. The van der Waals surface area contributed by atoms with Gasteiger partial charge in [0.15, 0.2) is 5.78 Å². The number of methoxy groups -OCH3 is 1. The van der Waals surface area contributed by atoms with E-state index < -0.39 is 0 Å². The molecule has 3 heteroatoms. The van der Waals surface area contributed by atoms with Gasteiger partial charge in [0.1, 0.15) is 5.75 Å². The molecule has 2 aliphatic carbocycles. The average Bonchev–Trinajstić information content (AvgIpc) is 2.90. The van der Waals surface area contributed by atoms with Gasteiger partial charge in [0.05, 0.1) is 18.8 Å². The Morgan fingerprint density at radius 1 is 1.19 bits per heavy atom. The number of benzene rings is 1. The van der Waals surface area contributed by atoms with E-state index in [-0.39, 0.29) is 17.1 Å². The summed E-state index contributed by atoms with van der Waals surface area (Å²) in [6.45, 7) is 8.67. The molecular weight excluding hydrogens is 324 g/mol. The second-order valence-corrected chi connectivity index (χ2v) is 8.91. The smallest absolute Gasteiger partial charge is 0.158 e.